The van der Waals surface area contributed by atoms with Gasteiger partial charge in [-0.25, -0.2) is 0 Å². The van der Waals surface area contributed by atoms with Gasteiger partial charge in [-0.05, 0) is 63.7 Å². The molecule has 1 fully saturated rings. The highest BCUT2D eigenvalue weighted by Gasteiger charge is 2.63. The Morgan fingerprint density at radius 1 is 0.829 bits per heavy atom. The summed E-state index contributed by atoms with van der Waals surface area (Å²) >= 11 is 0. The van der Waals surface area contributed by atoms with Crippen LogP contribution < -0.4 is 0 Å². The first-order valence-electron chi connectivity index (χ1n) is 11.6. The zero-order valence-corrected chi connectivity index (χ0v) is 21.2. The number of halogens is 9. The van der Waals surface area contributed by atoms with Crippen LogP contribution in [0.2, 0.25) is 0 Å². The van der Waals surface area contributed by atoms with Crippen LogP contribution in [-0.4, -0.2) is 42.8 Å². The van der Waals surface area contributed by atoms with Crippen LogP contribution in [0.15, 0.2) is 0 Å². The number of rotatable bonds is 6. The molecule has 0 radical (unpaired) electrons. The van der Waals surface area contributed by atoms with Gasteiger partial charge >= 0.3 is 24.5 Å². The van der Waals surface area contributed by atoms with Crippen molar-refractivity contribution >= 4 is 5.97 Å². The lowest BCUT2D eigenvalue weighted by atomic mass is 9.72. The molecule has 0 aromatic carbocycles. The van der Waals surface area contributed by atoms with Crippen molar-refractivity contribution in [2.45, 2.75) is 124 Å². The summed E-state index contributed by atoms with van der Waals surface area (Å²) in [5.41, 5.74) is -2.97. The zero-order valence-electron chi connectivity index (χ0n) is 21.2. The lowest BCUT2D eigenvalue weighted by Crippen LogP contribution is -2.51. The number of carbonyl (C=O) groups excluding carboxylic acids is 1. The molecule has 0 amide bonds. The SMILES string of the molecule is CCC(C)(C(=O)OC(C(F)(F)F)C(F)(F)F)C(F)(F)F.CCC(C)OC1CCC(C(C)(C)C)CC1. The highest BCUT2D eigenvalue weighted by molar-refractivity contribution is 5.77. The van der Waals surface area contributed by atoms with Crippen molar-refractivity contribution in [1.82, 2.24) is 0 Å². The minimum Gasteiger partial charge on any atom is -0.442 e. The highest BCUT2D eigenvalue weighted by atomic mass is 19.4. The third-order valence-corrected chi connectivity index (χ3v) is 6.50. The Hall–Kier alpha value is -1.20. The summed E-state index contributed by atoms with van der Waals surface area (Å²) in [5.74, 6) is -1.73. The van der Waals surface area contributed by atoms with Crippen molar-refractivity contribution in [1.29, 1.82) is 0 Å². The molecule has 35 heavy (non-hydrogen) atoms. The second kappa shape index (κ2) is 12.4. The molecule has 12 heteroatoms. The average Bonchev–Trinajstić information content (AvgIpc) is 2.68. The predicted molar refractivity (Wildman–Crippen MR) is 112 cm³/mol. The van der Waals surface area contributed by atoms with Gasteiger partial charge in [0, 0.05) is 0 Å². The van der Waals surface area contributed by atoms with Gasteiger partial charge in [0.25, 0.3) is 6.10 Å². The molecule has 0 aliphatic heterocycles. The van der Waals surface area contributed by atoms with Gasteiger partial charge < -0.3 is 9.47 Å². The molecule has 0 spiro atoms. The molecule has 1 saturated carbocycles. The maximum Gasteiger partial charge on any atom is 0.434 e. The largest absolute Gasteiger partial charge is 0.442 e. The number of alkyl halides is 9. The Morgan fingerprint density at radius 3 is 1.54 bits per heavy atom. The Balaban J connectivity index is 0.000000686. The van der Waals surface area contributed by atoms with E-state index in [4.69, 9.17) is 4.74 Å². The Kier molecular flexibility index (Phi) is 11.9. The normalized spacial score (nSPS) is 22.7. The van der Waals surface area contributed by atoms with Crippen LogP contribution in [0.4, 0.5) is 39.5 Å². The third-order valence-electron chi connectivity index (χ3n) is 6.50. The van der Waals surface area contributed by atoms with E-state index < -0.39 is 42.4 Å². The number of hydrogen-bond donors (Lipinski definition) is 0. The fraction of sp³-hybridized carbons (Fsp3) is 0.957. The average molecular weight is 533 g/mol. The molecule has 2 unspecified atom stereocenters. The van der Waals surface area contributed by atoms with Gasteiger partial charge in [-0.2, -0.15) is 39.5 Å². The Labute approximate surface area is 201 Å². The van der Waals surface area contributed by atoms with E-state index in [9.17, 15) is 44.3 Å². The second-order valence-electron chi connectivity index (χ2n) is 10.2. The van der Waals surface area contributed by atoms with E-state index in [1.807, 2.05) is 0 Å². The Bertz CT molecular complexity index is 629. The minimum atomic E-state index is -6.06. The van der Waals surface area contributed by atoms with E-state index in [0.29, 0.717) is 17.6 Å². The molecule has 0 heterocycles. The monoisotopic (exact) mass is 532 g/mol. The van der Waals surface area contributed by atoms with Crippen LogP contribution in [0, 0.1) is 16.7 Å². The van der Waals surface area contributed by atoms with Crippen LogP contribution in [0.5, 0.6) is 0 Å². The van der Waals surface area contributed by atoms with Gasteiger partial charge in [-0.1, -0.05) is 34.6 Å². The molecule has 0 bridgehead atoms. The maximum atomic E-state index is 12.5. The summed E-state index contributed by atoms with van der Waals surface area (Å²) in [6, 6.07) is 0. The molecular weight excluding hydrogens is 495 g/mol. The fourth-order valence-corrected chi connectivity index (χ4v) is 3.51. The van der Waals surface area contributed by atoms with Crippen molar-refractivity contribution in [3.8, 4) is 0 Å². The van der Waals surface area contributed by atoms with E-state index >= 15 is 0 Å². The minimum absolute atomic E-state index is 0.166. The first kappa shape index (κ1) is 33.8. The van der Waals surface area contributed by atoms with Gasteiger partial charge in [0.1, 0.15) is 0 Å². The molecular formula is C23H37F9O3. The molecule has 2 atom stereocenters. The van der Waals surface area contributed by atoms with Crippen LogP contribution in [0.1, 0.15) is 87.0 Å². The Morgan fingerprint density at radius 2 is 1.26 bits per heavy atom. The van der Waals surface area contributed by atoms with Crippen LogP contribution in [0.25, 0.3) is 0 Å². The maximum absolute atomic E-state index is 12.5. The third kappa shape index (κ3) is 10.4. The van der Waals surface area contributed by atoms with Crippen molar-refractivity contribution in [2.24, 2.45) is 16.7 Å². The fourth-order valence-electron chi connectivity index (χ4n) is 3.51. The second-order valence-corrected chi connectivity index (χ2v) is 10.2. The lowest BCUT2D eigenvalue weighted by molar-refractivity contribution is -0.321. The van der Waals surface area contributed by atoms with E-state index in [-0.39, 0.29) is 6.92 Å². The van der Waals surface area contributed by atoms with Crippen molar-refractivity contribution < 1.29 is 53.8 Å². The van der Waals surface area contributed by atoms with Gasteiger partial charge in [0.05, 0.1) is 12.2 Å². The standard InChI is InChI=1S/C14H28O.C9H9F9O2/c1-6-11(2)15-13-9-7-12(8-10-13)14(3,4)5;1-3-6(2,9(16,17)18)5(19)20-4(7(10,11)12)8(13,14)15/h11-13H,6-10H2,1-5H3;4H,3H2,1-2H3. The molecule has 0 aromatic rings. The molecule has 1 rings (SSSR count). The van der Waals surface area contributed by atoms with E-state index in [1.54, 1.807) is 0 Å². The topological polar surface area (TPSA) is 35.5 Å². The molecule has 1 aliphatic rings. The van der Waals surface area contributed by atoms with Crippen LogP contribution in [-0.2, 0) is 14.3 Å². The smallest absolute Gasteiger partial charge is 0.434 e. The quantitative estimate of drug-likeness (QED) is 0.255. The molecule has 0 saturated heterocycles. The lowest BCUT2D eigenvalue weighted by Gasteiger charge is -2.37. The summed E-state index contributed by atoms with van der Waals surface area (Å²) in [6.07, 6.45) is -15.8. The summed E-state index contributed by atoms with van der Waals surface area (Å²) < 4.78 is 119. The summed E-state index contributed by atoms with van der Waals surface area (Å²) in [5, 5.41) is 0. The number of ether oxygens (including phenoxy) is 2. The van der Waals surface area contributed by atoms with Crippen LogP contribution >= 0.6 is 0 Å². The molecule has 0 N–H and O–H groups in total. The van der Waals surface area contributed by atoms with E-state index in [1.165, 1.54) is 25.7 Å². The number of esters is 1. The molecule has 210 valence electrons. The van der Waals surface area contributed by atoms with Gasteiger partial charge in [-0.15, -0.1) is 0 Å². The number of hydrogen-bond acceptors (Lipinski definition) is 3. The van der Waals surface area contributed by atoms with Gasteiger partial charge in [-0.3, -0.25) is 4.79 Å². The van der Waals surface area contributed by atoms with Crippen molar-refractivity contribution in [3.05, 3.63) is 0 Å². The van der Waals surface area contributed by atoms with E-state index in [0.717, 1.165) is 19.3 Å². The number of carbonyl (C=O) groups is 1. The van der Waals surface area contributed by atoms with E-state index in [2.05, 4.69) is 39.4 Å². The van der Waals surface area contributed by atoms with Gasteiger partial charge in [0.2, 0.25) is 0 Å². The molecule has 0 aromatic heterocycles. The zero-order chi connectivity index (χ0) is 28.0. The van der Waals surface area contributed by atoms with Crippen molar-refractivity contribution in [2.75, 3.05) is 0 Å². The van der Waals surface area contributed by atoms with Crippen molar-refractivity contribution in [3.63, 3.8) is 0 Å². The predicted octanol–water partition coefficient (Wildman–Crippen LogP) is 8.41. The summed E-state index contributed by atoms with van der Waals surface area (Å²) in [6.45, 7) is 12.4. The van der Waals surface area contributed by atoms with Gasteiger partial charge in [0.15, 0.2) is 5.41 Å². The first-order valence-corrected chi connectivity index (χ1v) is 11.6. The summed E-state index contributed by atoms with van der Waals surface area (Å²) in [7, 11) is 0. The first-order chi connectivity index (χ1) is 15.5. The highest BCUT2D eigenvalue weighted by Crippen LogP contribution is 2.44. The van der Waals surface area contributed by atoms with Crippen LogP contribution in [0.3, 0.4) is 0 Å². The summed E-state index contributed by atoms with van der Waals surface area (Å²) in [4.78, 5) is 11.1. The molecule has 1 aliphatic carbocycles. The molecule has 3 nitrogen and oxygen atoms in total.